The number of para-hydroxylation sites is 2. The minimum absolute atomic E-state index is 0.0301. The Kier molecular flexibility index (Phi) is 5.37. The lowest BCUT2D eigenvalue weighted by molar-refractivity contribution is -0.137. The maximum Gasteiger partial charge on any atom is 0.412 e. The van der Waals surface area contributed by atoms with Crippen molar-refractivity contribution in [3.63, 3.8) is 0 Å². The zero-order chi connectivity index (χ0) is 15.2. The van der Waals surface area contributed by atoms with Crippen molar-refractivity contribution in [3.05, 3.63) is 24.3 Å². The second-order valence-electron chi connectivity index (χ2n) is 5.12. The molecule has 1 rings (SSSR count). The van der Waals surface area contributed by atoms with E-state index in [2.05, 4.69) is 5.32 Å². The quantitative estimate of drug-likeness (QED) is 0.866. The van der Waals surface area contributed by atoms with Gasteiger partial charge in [0.25, 0.3) is 0 Å². The summed E-state index contributed by atoms with van der Waals surface area (Å²) in [5, 5.41) is 11.1. The number of ether oxygens (including phenoxy) is 2. The van der Waals surface area contributed by atoms with Gasteiger partial charge in [0, 0.05) is 0 Å². The van der Waals surface area contributed by atoms with Crippen LogP contribution in [0, 0.1) is 0 Å². The minimum Gasteiger partial charge on any atom is -0.491 e. The minimum atomic E-state index is -0.942. The Hall–Kier alpha value is -2.24. The van der Waals surface area contributed by atoms with Crippen molar-refractivity contribution in [2.45, 2.75) is 32.8 Å². The normalized spacial score (nSPS) is 10.8. The number of carbonyl (C=O) groups is 2. The van der Waals surface area contributed by atoms with Gasteiger partial charge in [-0.15, -0.1) is 0 Å². The average molecular weight is 281 g/mol. The zero-order valence-corrected chi connectivity index (χ0v) is 11.8. The molecule has 0 aliphatic heterocycles. The van der Waals surface area contributed by atoms with Crippen molar-refractivity contribution in [3.8, 4) is 5.75 Å². The van der Waals surface area contributed by atoms with E-state index in [0.29, 0.717) is 11.4 Å². The van der Waals surface area contributed by atoms with Crippen LogP contribution in [0.3, 0.4) is 0 Å². The average Bonchev–Trinajstić information content (AvgIpc) is 2.28. The number of aliphatic carboxylic acids is 1. The highest BCUT2D eigenvalue weighted by Gasteiger charge is 2.17. The molecule has 0 unspecified atom stereocenters. The van der Waals surface area contributed by atoms with E-state index in [1.54, 1.807) is 45.0 Å². The van der Waals surface area contributed by atoms with E-state index in [0.717, 1.165) is 0 Å². The van der Waals surface area contributed by atoms with E-state index >= 15 is 0 Å². The van der Waals surface area contributed by atoms with E-state index in [4.69, 9.17) is 14.6 Å². The Morgan fingerprint density at radius 2 is 1.90 bits per heavy atom. The zero-order valence-electron chi connectivity index (χ0n) is 11.8. The van der Waals surface area contributed by atoms with Crippen LogP contribution < -0.4 is 10.1 Å². The van der Waals surface area contributed by atoms with Gasteiger partial charge in [-0.1, -0.05) is 12.1 Å². The molecule has 0 atom stereocenters. The smallest absolute Gasteiger partial charge is 0.412 e. The molecule has 0 fully saturated rings. The molecule has 0 radical (unpaired) electrons. The SMILES string of the molecule is CC(C)(C)OC(=O)Nc1ccccc1OCCC(=O)O. The molecule has 0 bridgehead atoms. The third-order valence-corrected chi connectivity index (χ3v) is 2.10. The largest absolute Gasteiger partial charge is 0.491 e. The molecule has 1 aromatic rings. The highest BCUT2D eigenvalue weighted by molar-refractivity contribution is 5.86. The number of carbonyl (C=O) groups excluding carboxylic acids is 1. The van der Waals surface area contributed by atoms with Crippen LogP contribution in [0.15, 0.2) is 24.3 Å². The monoisotopic (exact) mass is 281 g/mol. The molecular formula is C14H19NO5. The third kappa shape index (κ3) is 6.08. The summed E-state index contributed by atoms with van der Waals surface area (Å²) in [4.78, 5) is 22.1. The fourth-order valence-electron chi connectivity index (χ4n) is 1.36. The lowest BCUT2D eigenvalue weighted by atomic mass is 10.2. The Labute approximate surface area is 117 Å². The molecule has 0 spiro atoms. The first-order valence-corrected chi connectivity index (χ1v) is 6.21. The molecule has 0 saturated carbocycles. The van der Waals surface area contributed by atoms with Crippen molar-refractivity contribution in [1.82, 2.24) is 0 Å². The molecule has 6 heteroatoms. The molecule has 1 aromatic carbocycles. The summed E-state index contributed by atoms with van der Waals surface area (Å²) in [6.45, 7) is 5.33. The van der Waals surface area contributed by atoms with Gasteiger partial charge in [-0.2, -0.15) is 0 Å². The third-order valence-electron chi connectivity index (χ3n) is 2.10. The van der Waals surface area contributed by atoms with Gasteiger partial charge in [-0.25, -0.2) is 4.79 Å². The van der Waals surface area contributed by atoms with Gasteiger partial charge in [-0.3, -0.25) is 10.1 Å². The maximum absolute atomic E-state index is 11.7. The van der Waals surface area contributed by atoms with Crippen LogP contribution >= 0.6 is 0 Å². The molecule has 6 nitrogen and oxygen atoms in total. The van der Waals surface area contributed by atoms with Gasteiger partial charge in [0.05, 0.1) is 18.7 Å². The van der Waals surface area contributed by atoms with Gasteiger partial charge in [0.2, 0.25) is 0 Å². The van der Waals surface area contributed by atoms with E-state index in [1.165, 1.54) is 0 Å². The summed E-state index contributed by atoms with van der Waals surface area (Å²) in [5.41, 5.74) is -0.157. The number of hydrogen-bond acceptors (Lipinski definition) is 4. The summed E-state index contributed by atoms with van der Waals surface area (Å²) in [6.07, 6.45) is -0.701. The summed E-state index contributed by atoms with van der Waals surface area (Å²) in [5.74, 6) is -0.540. The summed E-state index contributed by atoms with van der Waals surface area (Å²) < 4.78 is 10.5. The Morgan fingerprint density at radius 1 is 1.25 bits per heavy atom. The van der Waals surface area contributed by atoms with Gasteiger partial charge in [-0.05, 0) is 32.9 Å². The second kappa shape index (κ2) is 6.79. The van der Waals surface area contributed by atoms with Crippen LogP contribution in [0.25, 0.3) is 0 Å². The standard InChI is InChI=1S/C14H19NO5/c1-14(2,3)20-13(18)15-10-6-4-5-7-11(10)19-9-8-12(16)17/h4-7H,8-9H2,1-3H3,(H,15,18)(H,16,17). The first kappa shape index (κ1) is 15.8. The second-order valence-corrected chi connectivity index (χ2v) is 5.12. The summed E-state index contributed by atoms with van der Waals surface area (Å²) >= 11 is 0. The van der Waals surface area contributed by atoms with E-state index in [1.807, 2.05) is 0 Å². The Bertz CT molecular complexity index is 479. The molecule has 1 amide bonds. The number of hydrogen-bond donors (Lipinski definition) is 2. The summed E-state index contributed by atoms with van der Waals surface area (Å²) in [6, 6.07) is 6.77. The lowest BCUT2D eigenvalue weighted by Gasteiger charge is -2.20. The molecule has 110 valence electrons. The van der Waals surface area contributed by atoms with Crippen molar-refractivity contribution >= 4 is 17.7 Å². The number of carboxylic acids is 1. The Morgan fingerprint density at radius 3 is 2.50 bits per heavy atom. The van der Waals surface area contributed by atoms with Gasteiger partial charge < -0.3 is 14.6 Å². The molecule has 0 aromatic heterocycles. The number of amides is 1. The van der Waals surface area contributed by atoms with E-state index in [9.17, 15) is 9.59 Å². The van der Waals surface area contributed by atoms with Gasteiger partial charge >= 0.3 is 12.1 Å². The molecule has 0 aliphatic rings. The highest BCUT2D eigenvalue weighted by Crippen LogP contribution is 2.24. The van der Waals surface area contributed by atoms with Crippen molar-refractivity contribution in [2.75, 3.05) is 11.9 Å². The number of rotatable bonds is 5. The van der Waals surface area contributed by atoms with E-state index < -0.39 is 17.7 Å². The van der Waals surface area contributed by atoms with Crippen molar-refractivity contribution in [2.24, 2.45) is 0 Å². The predicted molar refractivity (Wildman–Crippen MR) is 74.0 cm³/mol. The molecule has 0 aliphatic carbocycles. The molecule has 0 heterocycles. The number of carboxylic acid groups (broad SMARTS) is 1. The first-order chi connectivity index (χ1) is 9.28. The van der Waals surface area contributed by atoms with Crippen molar-refractivity contribution in [1.29, 1.82) is 0 Å². The van der Waals surface area contributed by atoms with Crippen LogP contribution in [0.4, 0.5) is 10.5 Å². The molecule has 20 heavy (non-hydrogen) atoms. The molecular weight excluding hydrogens is 262 g/mol. The summed E-state index contributed by atoms with van der Waals surface area (Å²) in [7, 11) is 0. The van der Waals surface area contributed by atoms with Crippen LogP contribution in [0.2, 0.25) is 0 Å². The molecule has 0 saturated heterocycles. The number of anilines is 1. The first-order valence-electron chi connectivity index (χ1n) is 6.21. The predicted octanol–water partition coefficient (Wildman–Crippen LogP) is 2.89. The number of benzene rings is 1. The Balaban J connectivity index is 2.65. The van der Waals surface area contributed by atoms with Crippen molar-refractivity contribution < 1.29 is 24.2 Å². The van der Waals surface area contributed by atoms with Gasteiger partial charge in [0.15, 0.2) is 0 Å². The fourth-order valence-corrected chi connectivity index (χ4v) is 1.36. The highest BCUT2D eigenvalue weighted by atomic mass is 16.6. The van der Waals surface area contributed by atoms with Crippen LogP contribution in [-0.2, 0) is 9.53 Å². The fraction of sp³-hybridized carbons (Fsp3) is 0.429. The number of nitrogens with one attached hydrogen (secondary N) is 1. The van der Waals surface area contributed by atoms with Crippen LogP contribution in [0.1, 0.15) is 27.2 Å². The van der Waals surface area contributed by atoms with Crippen LogP contribution in [-0.4, -0.2) is 29.4 Å². The lowest BCUT2D eigenvalue weighted by Crippen LogP contribution is -2.27. The van der Waals surface area contributed by atoms with E-state index in [-0.39, 0.29) is 13.0 Å². The topological polar surface area (TPSA) is 84.9 Å². The van der Waals surface area contributed by atoms with Crippen LogP contribution in [0.5, 0.6) is 5.75 Å². The molecule has 2 N–H and O–H groups in total. The van der Waals surface area contributed by atoms with Gasteiger partial charge in [0.1, 0.15) is 11.4 Å². The maximum atomic E-state index is 11.7.